The van der Waals surface area contributed by atoms with Gasteiger partial charge < -0.3 is 9.15 Å². The van der Waals surface area contributed by atoms with Gasteiger partial charge in [-0.25, -0.2) is 4.79 Å². The molecule has 4 rings (SSSR count). The van der Waals surface area contributed by atoms with E-state index >= 15 is 0 Å². The van der Waals surface area contributed by atoms with Gasteiger partial charge in [-0.2, -0.15) is 5.10 Å². The SMILES string of the molecule is O=C(OCc1cccc2cccnc12)c1ccc(Cn2cccn2)o1. The molecule has 3 aromatic heterocycles. The Balaban J connectivity index is 1.44. The van der Waals surface area contributed by atoms with E-state index in [1.807, 2.05) is 42.6 Å². The highest BCUT2D eigenvalue weighted by Gasteiger charge is 2.14. The molecule has 124 valence electrons. The molecule has 0 saturated carbocycles. The van der Waals surface area contributed by atoms with Crippen LogP contribution in [0.15, 0.2) is 71.5 Å². The number of nitrogens with zero attached hydrogens (tertiary/aromatic N) is 3. The summed E-state index contributed by atoms with van der Waals surface area (Å²) in [5.74, 6) is 0.317. The van der Waals surface area contributed by atoms with Gasteiger partial charge in [-0.05, 0) is 24.3 Å². The van der Waals surface area contributed by atoms with Crippen molar-refractivity contribution in [2.75, 3.05) is 0 Å². The van der Waals surface area contributed by atoms with Crippen molar-refractivity contribution in [1.82, 2.24) is 14.8 Å². The van der Waals surface area contributed by atoms with Gasteiger partial charge in [0.15, 0.2) is 0 Å². The third-order valence-electron chi connectivity index (χ3n) is 3.81. The average Bonchev–Trinajstić information content (AvgIpc) is 3.32. The molecular weight excluding hydrogens is 318 g/mol. The Hall–Kier alpha value is -3.41. The van der Waals surface area contributed by atoms with Gasteiger partial charge in [0, 0.05) is 29.5 Å². The van der Waals surface area contributed by atoms with Crippen LogP contribution in [0.25, 0.3) is 10.9 Å². The maximum absolute atomic E-state index is 12.2. The molecule has 0 saturated heterocycles. The predicted molar refractivity (Wildman–Crippen MR) is 90.9 cm³/mol. The fourth-order valence-electron chi connectivity index (χ4n) is 2.62. The number of para-hydroxylation sites is 1. The van der Waals surface area contributed by atoms with E-state index in [-0.39, 0.29) is 12.4 Å². The van der Waals surface area contributed by atoms with Crippen molar-refractivity contribution in [3.63, 3.8) is 0 Å². The van der Waals surface area contributed by atoms with Crippen LogP contribution in [0, 0.1) is 0 Å². The van der Waals surface area contributed by atoms with E-state index in [2.05, 4.69) is 10.1 Å². The number of ether oxygens (including phenoxy) is 1. The van der Waals surface area contributed by atoms with E-state index in [1.54, 1.807) is 29.2 Å². The molecule has 0 aliphatic carbocycles. The lowest BCUT2D eigenvalue weighted by atomic mass is 10.1. The molecule has 0 fully saturated rings. The van der Waals surface area contributed by atoms with Gasteiger partial charge in [0.25, 0.3) is 0 Å². The molecule has 4 aromatic rings. The number of hydrogen-bond donors (Lipinski definition) is 0. The average molecular weight is 333 g/mol. The van der Waals surface area contributed by atoms with Gasteiger partial charge >= 0.3 is 5.97 Å². The molecule has 0 aliphatic heterocycles. The highest BCUT2D eigenvalue weighted by atomic mass is 16.5. The smallest absolute Gasteiger partial charge is 0.374 e. The summed E-state index contributed by atoms with van der Waals surface area (Å²) in [5, 5.41) is 5.11. The van der Waals surface area contributed by atoms with Crippen LogP contribution in [0.1, 0.15) is 21.9 Å². The summed E-state index contributed by atoms with van der Waals surface area (Å²) in [6.45, 7) is 0.607. The number of hydrogen-bond acceptors (Lipinski definition) is 5. The first kappa shape index (κ1) is 15.1. The Morgan fingerprint density at radius 3 is 2.88 bits per heavy atom. The standard InChI is InChI=1S/C19H15N3O3/c23-19(17-8-7-16(25-17)12-22-11-3-10-21-22)24-13-15-5-1-4-14-6-2-9-20-18(14)15/h1-11H,12-13H2. The van der Waals surface area contributed by atoms with Crippen molar-refractivity contribution in [2.45, 2.75) is 13.2 Å². The number of carbonyl (C=O) groups excluding carboxylic acids is 1. The molecule has 6 nitrogen and oxygen atoms in total. The Bertz CT molecular complexity index is 1000. The minimum absolute atomic E-state index is 0.141. The van der Waals surface area contributed by atoms with Crippen LogP contribution in [0.5, 0.6) is 0 Å². The van der Waals surface area contributed by atoms with Gasteiger partial charge in [-0.3, -0.25) is 9.67 Å². The molecule has 0 radical (unpaired) electrons. The van der Waals surface area contributed by atoms with Crippen molar-refractivity contribution < 1.29 is 13.9 Å². The second-order valence-corrected chi connectivity index (χ2v) is 5.54. The molecule has 0 atom stereocenters. The minimum atomic E-state index is -0.500. The second-order valence-electron chi connectivity index (χ2n) is 5.54. The molecule has 0 bridgehead atoms. The first-order valence-electron chi connectivity index (χ1n) is 7.85. The lowest BCUT2D eigenvalue weighted by Crippen LogP contribution is -2.05. The van der Waals surface area contributed by atoms with Gasteiger partial charge in [0.05, 0.1) is 12.1 Å². The molecule has 1 aromatic carbocycles. The van der Waals surface area contributed by atoms with Crippen molar-refractivity contribution >= 4 is 16.9 Å². The third kappa shape index (κ3) is 3.28. The van der Waals surface area contributed by atoms with Crippen molar-refractivity contribution in [3.05, 3.63) is 84.2 Å². The van der Waals surface area contributed by atoms with E-state index in [0.29, 0.717) is 12.3 Å². The van der Waals surface area contributed by atoms with Crippen molar-refractivity contribution in [2.24, 2.45) is 0 Å². The van der Waals surface area contributed by atoms with E-state index in [1.165, 1.54) is 0 Å². The lowest BCUT2D eigenvalue weighted by Gasteiger charge is -2.06. The summed E-state index contributed by atoms with van der Waals surface area (Å²) in [7, 11) is 0. The summed E-state index contributed by atoms with van der Waals surface area (Å²) >= 11 is 0. The Kier molecular flexibility index (Phi) is 4.00. The quantitative estimate of drug-likeness (QED) is 0.523. The number of fused-ring (bicyclic) bond motifs is 1. The van der Waals surface area contributed by atoms with Crippen LogP contribution < -0.4 is 0 Å². The second kappa shape index (κ2) is 6.60. The molecule has 25 heavy (non-hydrogen) atoms. The first-order chi connectivity index (χ1) is 12.3. The molecular formula is C19H15N3O3. The normalized spacial score (nSPS) is 10.9. The zero-order valence-corrected chi connectivity index (χ0v) is 13.3. The first-order valence-corrected chi connectivity index (χ1v) is 7.85. The van der Waals surface area contributed by atoms with Crippen LogP contribution in [0.2, 0.25) is 0 Å². The fourth-order valence-corrected chi connectivity index (χ4v) is 2.62. The third-order valence-corrected chi connectivity index (χ3v) is 3.81. The van der Waals surface area contributed by atoms with Crippen LogP contribution in [0.4, 0.5) is 0 Å². The maximum Gasteiger partial charge on any atom is 0.374 e. The van der Waals surface area contributed by atoms with Crippen LogP contribution in [-0.4, -0.2) is 20.7 Å². The number of esters is 1. The largest absolute Gasteiger partial charge is 0.455 e. The zero-order valence-electron chi connectivity index (χ0n) is 13.3. The summed E-state index contributed by atoms with van der Waals surface area (Å²) in [6.07, 6.45) is 5.24. The molecule has 0 unspecified atom stereocenters. The molecule has 0 amide bonds. The number of furan rings is 1. The number of pyridine rings is 1. The van der Waals surface area contributed by atoms with Crippen molar-refractivity contribution in [1.29, 1.82) is 0 Å². The monoisotopic (exact) mass is 333 g/mol. The van der Waals surface area contributed by atoms with E-state index in [4.69, 9.17) is 9.15 Å². The molecule has 0 N–H and O–H groups in total. The zero-order chi connectivity index (χ0) is 17.1. The van der Waals surface area contributed by atoms with Gasteiger partial charge in [0.1, 0.15) is 12.4 Å². The van der Waals surface area contributed by atoms with Crippen molar-refractivity contribution in [3.8, 4) is 0 Å². The topological polar surface area (TPSA) is 70.2 Å². The van der Waals surface area contributed by atoms with E-state index < -0.39 is 5.97 Å². The van der Waals surface area contributed by atoms with Gasteiger partial charge in [-0.1, -0.05) is 24.3 Å². The van der Waals surface area contributed by atoms with Gasteiger partial charge in [0.2, 0.25) is 5.76 Å². The number of carbonyl (C=O) groups is 1. The number of benzene rings is 1. The van der Waals surface area contributed by atoms with Crippen LogP contribution in [0.3, 0.4) is 0 Å². The lowest BCUT2D eigenvalue weighted by molar-refractivity contribution is 0.0435. The molecule has 3 heterocycles. The summed E-state index contributed by atoms with van der Waals surface area (Å²) in [5.41, 5.74) is 1.69. The summed E-state index contributed by atoms with van der Waals surface area (Å²) < 4.78 is 12.6. The predicted octanol–water partition coefficient (Wildman–Crippen LogP) is 3.43. The highest BCUT2D eigenvalue weighted by molar-refractivity contribution is 5.87. The van der Waals surface area contributed by atoms with Crippen LogP contribution in [-0.2, 0) is 17.9 Å². The Labute approximate surface area is 143 Å². The van der Waals surface area contributed by atoms with Crippen LogP contribution >= 0.6 is 0 Å². The Morgan fingerprint density at radius 1 is 1.08 bits per heavy atom. The molecule has 6 heteroatoms. The minimum Gasteiger partial charge on any atom is -0.455 e. The van der Waals surface area contributed by atoms with Gasteiger partial charge in [-0.15, -0.1) is 0 Å². The molecule has 0 aliphatic rings. The van der Waals surface area contributed by atoms with E-state index in [9.17, 15) is 4.79 Å². The fraction of sp³-hybridized carbons (Fsp3) is 0.105. The summed E-state index contributed by atoms with van der Waals surface area (Å²) in [6, 6.07) is 14.8. The molecule has 0 spiro atoms. The highest BCUT2D eigenvalue weighted by Crippen LogP contribution is 2.18. The Morgan fingerprint density at radius 2 is 2.00 bits per heavy atom. The maximum atomic E-state index is 12.2. The van der Waals surface area contributed by atoms with E-state index in [0.717, 1.165) is 16.5 Å². The number of aromatic nitrogens is 3. The summed E-state index contributed by atoms with van der Waals surface area (Å²) in [4.78, 5) is 16.6. The number of rotatable bonds is 5.